The number of nitrogen functional groups attached to an aromatic ring is 2. The number of rotatable bonds is 0. The first-order chi connectivity index (χ1) is 5.61. The van der Waals surface area contributed by atoms with Crippen LogP contribution >= 0.6 is 0 Å². The van der Waals surface area contributed by atoms with Crippen LogP contribution in [0.25, 0.3) is 0 Å². The highest BCUT2D eigenvalue weighted by molar-refractivity contribution is 5.59. The average Bonchev–Trinajstić information content (AvgIpc) is 1.99. The van der Waals surface area contributed by atoms with E-state index in [1.165, 1.54) is 12.1 Å². The van der Waals surface area contributed by atoms with Gasteiger partial charge in [-0.25, -0.2) is 0 Å². The zero-order chi connectivity index (χ0) is 9.56. The number of anilines is 2. The molecular formula is C8H14N2O2. The van der Waals surface area contributed by atoms with Gasteiger partial charge in [-0.15, -0.1) is 0 Å². The fraction of sp³-hybridized carbons (Fsp3) is 0.250. The summed E-state index contributed by atoms with van der Waals surface area (Å²) in [6.07, 6.45) is 0. The summed E-state index contributed by atoms with van der Waals surface area (Å²) in [7, 11) is 3.25. The van der Waals surface area contributed by atoms with Gasteiger partial charge in [0.2, 0.25) is 0 Å². The van der Waals surface area contributed by atoms with E-state index in [-0.39, 0.29) is 5.75 Å². The summed E-state index contributed by atoms with van der Waals surface area (Å²) in [6, 6.07) is 4.56. The lowest BCUT2D eigenvalue weighted by molar-refractivity contribution is 0.277. The smallest absolute Gasteiger partial charge is 0.138 e. The number of methoxy groups -OCH3 is 1. The Morgan fingerprint density at radius 3 is 2.08 bits per heavy atom. The maximum Gasteiger partial charge on any atom is 0.138 e. The molecule has 0 saturated carbocycles. The summed E-state index contributed by atoms with van der Waals surface area (Å²) in [6.45, 7) is 0. The highest BCUT2D eigenvalue weighted by Crippen LogP contribution is 2.20. The molecule has 0 aliphatic heterocycles. The van der Waals surface area contributed by atoms with Crippen LogP contribution < -0.4 is 11.5 Å². The minimum absolute atomic E-state index is 0.0733. The van der Waals surface area contributed by atoms with Crippen LogP contribution in [0.15, 0.2) is 18.2 Å². The summed E-state index contributed by atoms with van der Waals surface area (Å²) >= 11 is 0. The van der Waals surface area contributed by atoms with Gasteiger partial charge < -0.3 is 21.3 Å². The van der Waals surface area contributed by atoms with Crippen LogP contribution in [-0.2, 0) is 4.74 Å². The second-order valence-electron chi connectivity index (χ2n) is 2.23. The monoisotopic (exact) mass is 170 g/mol. The molecule has 0 spiro atoms. The fourth-order valence-electron chi connectivity index (χ4n) is 0.573. The number of hydrogen-bond donors (Lipinski definition) is 3. The molecule has 68 valence electrons. The van der Waals surface area contributed by atoms with Crippen molar-refractivity contribution in [3.05, 3.63) is 18.2 Å². The summed E-state index contributed by atoms with van der Waals surface area (Å²) in [5.74, 6) is 0.0733. The van der Waals surface area contributed by atoms with Gasteiger partial charge in [0, 0.05) is 19.9 Å². The van der Waals surface area contributed by atoms with Gasteiger partial charge in [0.05, 0.1) is 5.69 Å². The first-order valence-corrected chi connectivity index (χ1v) is 3.36. The minimum atomic E-state index is 0.0733. The van der Waals surface area contributed by atoms with Gasteiger partial charge in [-0.05, 0) is 18.2 Å². The third-order valence-corrected chi connectivity index (χ3v) is 1.05. The Morgan fingerprint density at radius 1 is 1.25 bits per heavy atom. The highest BCUT2D eigenvalue weighted by atomic mass is 16.4. The molecule has 0 fully saturated rings. The first kappa shape index (κ1) is 10.6. The molecule has 1 aromatic rings. The van der Waals surface area contributed by atoms with E-state index in [4.69, 9.17) is 16.6 Å². The molecule has 12 heavy (non-hydrogen) atoms. The van der Waals surface area contributed by atoms with Crippen LogP contribution in [0.3, 0.4) is 0 Å². The Hall–Kier alpha value is -1.42. The fourth-order valence-corrected chi connectivity index (χ4v) is 0.573. The Kier molecular flexibility index (Phi) is 4.64. The van der Waals surface area contributed by atoms with Gasteiger partial charge >= 0.3 is 0 Å². The highest BCUT2D eigenvalue weighted by Gasteiger charge is 1.93. The van der Waals surface area contributed by atoms with Crippen LogP contribution in [0.5, 0.6) is 5.75 Å². The lowest BCUT2D eigenvalue weighted by Crippen LogP contribution is -1.88. The molecule has 0 heterocycles. The molecule has 4 nitrogen and oxygen atoms in total. The van der Waals surface area contributed by atoms with Crippen molar-refractivity contribution in [3.8, 4) is 5.75 Å². The van der Waals surface area contributed by atoms with Crippen molar-refractivity contribution in [2.75, 3.05) is 25.7 Å². The SMILES string of the molecule is COC.Nc1ccc(O)c(N)c1. The van der Waals surface area contributed by atoms with Gasteiger partial charge in [0.15, 0.2) is 0 Å². The predicted molar refractivity (Wildman–Crippen MR) is 49.9 cm³/mol. The van der Waals surface area contributed by atoms with Crippen molar-refractivity contribution in [1.82, 2.24) is 0 Å². The van der Waals surface area contributed by atoms with Crippen molar-refractivity contribution in [1.29, 1.82) is 0 Å². The van der Waals surface area contributed by atoms with Gasteiger partial charge in [-0.2, -0.15) is 0 Å². The van der Waals surface area contributed by atoms with E-state index < -0.39 is 0 Å². The quantitative estimate of drug-likeness (QED) is 0.306. The Bertz CT molecular complexity index is 238. The molecule has 0 saturated heterocycles. The Morgan fingerprint density at radius 2 is 1.75 bits per heavy atom. The largest absolute Gasteiger partial charge is 0.506 e. The molecule has 1 aromatic carbocycles. The summed E-state index contributed by atoms with van der Waals surface area (Å²) in [4.78, 5) is 0. The zero-order valence-corrected chi connectivity index (χ0v) is 7.24. The average molecular weight is 170 g/mol. The minimum Gasteiger partial charge on any atom is -0.506 e. The number of phenols is 1. The molecule has 0 radical (unpaired) electrons. The van der Waals surface area contributed by atoms with E-state index in [2.05, 4.69) is 4.74 Å². The van der Waals surface area contributed by atoms with E-state index in [0.717, 1.165) is 0 Å². The third-order valence-electron chi connectivity index (χ3n) is 1.05. The lowest BCUT2D eigenvalue weighted by Gasteiger charge is -1.97. The van der Waals surface area contributed by atoms with Crippen LogP contribution in [0.4, 0.5) is 11.4 Å². The van der Waals surface area contributed by atoms with Gasteiger partial charge in [-0.3, -0.25) is 0 Å². The number of aromatic hydroxyl groups is 1. The van der Waals surface area contributed by atoms with Gasteiger partial charge in [0.25, 0.3) is 0 Å². The lowest BCUT2D eigenvalue weighted by atomic mass is 10.3. The van der Waals surface area contributed by atoms with Gasteiger partial charge in [0.1, 0.15) is 5.75 Å². The number of benzene rings is 1. The van der Waals surface area contributed by atoms with Crippen molar-refractivity contribution in [2.45, 2.75) is 0 Å². The zero-order valence-electron chi connectivity index (χ0n) is 7.24. The van der Waals surface area contributed by atoms with Crippen LogP contribution in [-0.4, -0.2) is 19.3 Å². The number of ether oxygens (including phenoxy) is 1. The molecule has 1 rings (SSSR count). The van der Waals surface area contributed by atoms with E-state index in [1.807, 2.05) is 0 Å². The molecule has 0 amide bonds. The van der Waals surface area contributed by atoms with Crippen LogP contribution in [0.1, 0.15) is 0 Å². The topological polar surface area (TPSA) is 81.5 Å². The van der Waals surface area contributed by atoms with E-state index in [0.29, 0.717) is 11.4 Å². The normalized spacial score (nSPS) is 8.50. The molecule has 0 bridgehead atoms. The molecule has 5 N–H and O–H groups in total. The first-order valence-electron chi connectivity index (χ1n) is 3.36. The van der Waals surface area contributed by atoms with Crippen molar-refractivity contribution >= 4 is 11.4 Å². The second kappa shape index (κ2) is 5.26. The Labute approximate surface area is 71.8 Å². The van der Waals surface area contributed by atoms with Crippen molar-refractivity contribution in [3.63, 3.8) is 0 Å². The third kappa shape index (κ3) is 3.68. The molecule has 0 aliphatic rings. The van der Waals surface area contributed by atoms with E-state index >= 15 is 0 Å². The van der Waals surface area contributed by atoms with E-state index in [1.54, 1.807) is 20.3 Å². The molecule has 4 heteroatoms. The number of nitrogens with two attached hydrogens (primary N) is 2. The maximum atomic E-state index is 8.86. The summed E-state index contributed by atoms with van der Waals surface area (Å²) < 4.78 is 4.25. The van der Waals surface area contributed by atoms with E-state index in [9.17, 15) is 0 Å². The number of hydrogen-bond acceptors (Lipinski definition) is 4. The van der Waals surface area contributed by atoms with Crippen LogP contribution in [0, 0.1) is 0 Å². The molecule has 0 atom stereocenters. The molecule has 0 aliphatic carbocycles. The second-order valence-corrected chi connectivity index (χ2v) is 2.23. The number of phenolic OH excluding ortho intramolecular Hbond substituents is 1. The van der Waals surface area contributed by atoms with Crippen LogP contribution in [0.2, 0.25) is 0 Å². The summed E-state index contributed by atoms with van der Waals surface area (Å²) in [5.41, 5.74) is 11.5. The van der Waals surface area contributed by atoms with Crippen molar-refractivity contribution < 1.29 is 9.84 Å². The standard InChI is InChI=1S/C6H8N2O.C2H6O/c7-4-1-2-6(9)5(8)3-4;1-3-2/h1-3,9H,7-8H2;1-2H3. The van der Waals surface area contributed by atoms with Crippen molar-refractivity contribution in [2.24, 2.45) is 0 Å². The van der Waals surface area contributed by atoms with Gasteiger partial charge in [-0.1, -0.05) is 0 Å². The predicted octanol–water partition coefficient (Wildman–Crippen LogP) is 0.819. The molecular weight excluding hydrogens is 156 g/mol. The maximum absolute atomic E-state index is 8.86. The molecule has 0 aromatic heterocycles. The summed E-state index contributed by atoms with van der Waals surface area (Å²) in [5, 5.41) is 8.86. The Balaban J connectivity index is 0.000000354. The molecule has 0 unspecified atom stereocenters.